The standard InChI is InChI=1S/C16H28ClNO4/c1-11(15(19)20-3)10-14(18)12(2)13(6-4-5-7-17)16-21-8-9-22-16/h10,12-14,16H,4-9,18H2,1-3H3/b11-10+/t12-,13?,14-/m0/s1. The van der Waals surface area contributed by atoms with E-state index in [2.05, 4.69) is 6.92 Å². The molecule has 1 aliphatic rings. The van der Waals surface area contributed by atoms with E-state index in [1.54, 1.807) is 13.0 Å². The molecule has 0 aromatic heterocycles. The molecule has 3 atom stereocenters. The Morgan fingerprint density at radius 3 is 2.59 bits per heavy atom. The minimum atomic E-state index is -0.352. The van der Waals surface area contributed by atoms with Gasteiger partial charge in [0.15, 0.2) is 6.29 Å². The molecular formula is C16H28ClNO4. The van der Waals surface area contributed by atoms with Gasteiger partial charge in [-0.25, -0.2) is 4.79 Å². The van der Waals surface area contributed by atoms with Crippen molar-refractivity contribution in [2.24, 2.45) is 17.6 Å². The van der Waals surface area contributed by atoms with Crippen molar-refractivity contribution in [3.05, 3.63) is 11.6 Å². The molecule has 0 bridgehead atoms. The van der Waals surface area contributed by atoms with Crippen LogP contribution in [-0.2, 0) is 19.0 Å². The van der Waals surface area contributed by atoms with Crippen LogP contribution >= 0.6 is 11.6 Å². The third kappa shape index (κ3) is 5.88. The lowest BCUT2D eigenvalue weighted by Crippen LogP contribution is -2.38. The van der Waals surface area contributed by atoms with Gasteiger partial charge in [0.05, 0.1) is 20.3 Å². The molecule has 0 amide bonds. The minimum absolute atomic E-state index is 0.123. The number of alkyl halides is 1. The van der Waals surface area contributed by atoms with Crippen LogP contribution in [0.25, 0.3) is 0 Å². The van der Waals surface area contributed by atoms with E-state index >= 15 is 0 Å². The average molecular weight is 334 g/mol. The van der Waals surface area contributed by atoms with E-state index in [0.29, 0.717) is 24.7 Å². The molecule has 1 fully saturated rings. The summed E-state index contributed by atoms with van der Waals surface area (Å²) < 4.78 is 16.0. The third-order valence-electron chi connectivity index (χ3n) is 4.15. The molecule has 1 heterocycles. The highest BCUT2D eigenvalue weighted by Crippen LogP contribution is 2.30. The van der Waals surface area contributed by atoms with Crippen LogP contribution in [0.2, 0.25) is 0 Å². The molecule has 22 heavy (non-hydrogen) atoms. The predicted molar refractivity (Wildman–Crippen MR) is 86.7 cm³/mol. The van der Waals surface area contributed by atoms with Crippen LogP contribution in [0, 0.1) is 11.8 Å². The maximum Gasteiger partial charge on any atom is 0.333 e. The van der Waals surface area contributed by atoms with Crippen LogP contribution in [0.3, 0.4) is 0 Å². The molecule has 0 aromatic rings. The number of ether oxygens (including phenoxy) is 3. The van der Waals surface area contributed by atoms with Gasteiger partial charge in [-0.15, -0.1) is 11.6 Å². The molecule has 1 unspecified atom stereocenters. The number of carbonyl (C=O) groups excluding carboxylic acids is 1. The van der Waals surface area contributed by atoms with Gasteiger partial charge in [-0.1, -0.05) is 19.4 Å². The van der Waals surface area contributed by atoms with E-state index in [9.17, 15) is 4.79 Å². The molecule has 0 aliphatic carbocycles. The van der Waals surface area contributed by atoms with Crippen molar-refractivity contribution in [2.75, 3.05) is 26.2 Å². The maximum absolute atomic E-state index is 11.5. The number of hydrogen-bond donors (Lipinski definition) is 1. The number of rotatable bonds is 9. The van der Waals surface area contributed by atoms with E-state index in [1.807, 2.05) is 0 Å². The first-order chi connectivity index (χ1) is 10.5. The van der Waals surface area contributed by atoms with Crippen molar-refractivity contribution >= 4 is 17.6 Å². The number of halogens is 1. The summed E-state index contributed by atoms with van der Waals surface area (Å²) in [6.45, 7) is 5.02. The van der Waals surface area contributed by atoms with Crippen molar-refractivity contribution < 1.29 is 19.0 Å². The first kappa shape index (κ1) is 19.4. The van der Waals surface area contributed by atoms with Crippen molar-refractivity contribution in [3.63, 3.8) is 0 Å². The molecule has 2 N–H and O–H groups in total. The summed E-state index contributed by atoms with van der Waals surface area (Å²) in [6.07, 6.45) is 4.46. The van der Waals surface area contributed by atoms with Crippen LogP contribution in [-0.4, -0.2) is 44.5 Å². The smallest absolute Gasteiger partial charge is 0.333 e. The van der Waals surface area contributed by atoms with Gasteiger partial charge in [-0.3, -0.25) is 0 Å². The Bertz CT molecular complexity index is 369. The summed E-state index contributed by atoms with van der Waals surface area (Å²) in [7, 11) is 1.36. The molecule has 0 spiro atoms. The van der Waals surface area contributed by atoms with E-state index in [4.69, 9.17) is 31.5 Å². The first-order valence-electron chi connectivity index (χ1n) is 7.82. The van der Waals surface area contributed by atoms with E-state index in [-0.39, 0.29) is 30.1 Å². The van der Waals surface area contributed by atoms with Gasteiger partial charge in [0.2, 0.25) is 0 Å². The second-order valence-electron chi connectivity index (χ2n) is 5.74. The SMILES string of the molecule is COC(=O)/C(C)=C/[C@H](N)[C@@H](C)C(CCCCCl)C1OCCO1. The molecule has 1 aliphatic heterocycles. The van der Waals surface area contributed by atoms with E-state index in [0.717, 1.165) is 19.3 Å². The molecule has 1 saturated heterocycles. The van der Waals surface area contributed by atoms with Crippen LogP contribution in [0.1, 0.15) is 33.1 Å². The largest absolute Gasteiger partial charge is 0.466 e. The molecular weight excluding hydrogens is 306 g/mol. The lowest BCUT2D eigenvalue weighted by atomic mass is 9.83. The molecule has 128 valence electrons. The van der Waals surface area contributed by atoms with Crippen LogP contribution in [0.5, 0.6) is 0 Å². The predicted octanol–water partition coefficient (Wildman–Crippen LogP) is 2.47. The van der Waals surface area contributed by atoms with Gasteiger partial charge >= 0.3 is 5.97 Å². The summed E-state index contributed by atoms with van der Waals surface area (Å²) in [6, 6.07) is -0.257. The van der Waals surface area contributed by atoms with E-state index < -0.39 is 0 Å². The average Bonchev–Trinajstić information content (AvgIpc) is 3.04. The Hall–Kier alpha value is -0.620. The molecule has 5 nitrogen and oxygen atoms in total. The highest BCUT2D eigenvalue weighted by atomic mass is 35.5. The highest BCUT2D eigenvalue weighted by Gasteiger charge is 2.33. The number of carbonyl (C=O) groups is 1. The zero-order valence-corrected chi connectivity index (χ0v) is 14.5. The van der Waals surface area contributed by atoms with Crippen LogP contribution < -0.4 is 5.73 Å². The van der Waals surface area contributed by atoms with Crippen LogP contribution in [0.4, 0.5) is 0 Å². The van der Waals surface area contributed by atoms with Crippen molar-refractivity contribution in [1.29, 1.82) is 0 Å². The molecule has 0 saturated carbocycles. The molecule has 6 heteroatoms. The number of hydrogen-bond acceptors (Lipinski definition) is 5. The van der Waals surface area contributed by atoms with E-state index in [1.165, 1.54) is 7.11 Å². The van der Waals surface area contributed by atoms with Crippen molar-refractivity contribution in [3.8, 4) is 0 Å². The summed E-state index contributed by atoms with van der Waals surface area (Å²) in [4.78, 5) is 11.5. The zero-order valence-electron chi connectivity index (χ0n) is 13.7. The van der Waals surface area contributed by atoms with Gasteiger partial charge in [0.25, 0.3) is 0 Å². The Balaban J connectivity index is 2.71. The lowest BCUT2D eigenvalue weighted by Gasteiger charge is -2.31. The maximum atomic E-state index is 11.5. The number of nitrogens with two attached hydrogens (primary N) is 1. The monoisotopic (exact) mass is 333 g/mol. The number of unbranched alkanes of at least 4 members (excludes halogenated alkanes) is 1. The zero-order chi connectivity index (χ0) is 16.5. The Morgan fingerprint density at radius 2 is 2.05 bits per heavy atom. The van der Waals surface area contributed by atoms with Gasteiger partial charge in [-0.05, 0) is 25.7 Å². The Kier molecular flexibility index (Phi) is 9.02. The summed E-state index contributed by atoms with van der Waals surface area (Å²) in [5.74, 6) is 0.608. The second kappa shape index (κ2) is 10.2. The Labute approximate surface area is 138 Å². The topological polar surface area (TPSA) is 70.8 Å². The second-order valence-corrected chi connectivity index (χ2v) is 6.11. The fourth-order valence-electron chi connectivity index (χ4n) is 2.70. The van der Waals surface area contributed by atoms with Gasteiger partial charge in [0, 0.05) is 23.4 Å². The Morgan fingerprint density at radius 1 is 1.41 bits per heavy atom. The minimum Gasteiger partial charge on any atom is -0.466 e. The lowest BCUT2D eigenvalue weighted by molar-refractivity contribution is -0.136. The fourth-order valence-corrected chi connectivity index (χ4v) is 2.89. The quantitative estimate of drug-likeness (QED) is 0.304. The first-order valence-corrected chi connectivity index (χ1v) is 8.36. The van der Waals surface area contributed by atoms with Gasteiger partial charge in [-0.2, -0.15) is 0 Å². The molecule has 1 rings (SSSR count). The van der Waals surface area contributed by atoms with Crippen LogP contribution in [0.15, 0.2) is 11.6 Å². The molecule has 0 aromatic carbocycles. The van der Waals surface area contributed by atoms with Crippen molar-refractivity contribution in [2.45, 2.75) is 45.4 Å². The molecule has 0 radical (unpaired) electrons. The fraction of sp³-hybridized carbons (Fsp3) is 0.812. The van der Waals surface area contributed by atoms with Crippen molar-refractivity contribution in [1.82, 2.24) is 0 Å². The highest BCUT2D eigenvalue weighted by molar-refractivity contribution is 6.17. The number of esters is 1. The third-order valence-corrected chi connectivity index (χ3v) is 4.42. The normalized spacial score (nSPS) is 20.7. The van der Waals surface area contributed by atoms with Gasteiger partial charge < -0.3 is 19.9 Å². The summed E-state index contributed by atoms with van der Waals surface area (Å²) in [5, 5.41) is 0. The number of methoxy groups -OCH3 is 1. The summed E-state index contributed by atoms with van der Waals surface area (Å²) in [5.41, 5.74) is 6.78. The van der Waals surface area contributed by atoms with Gasteiger partial charge in [0.1, 0.15) is 0 Å². The summed E-state index contributed by atoms with van der Waals surface area (Å²) >= 11 is 5.76.